The van der Waals surface area contributed by atoms with Gasteiger partial charge in [-0.05, 0) is 44.7 Å². The lowest BCUT2D eigenvalue weighted by atomic mass is 9.84. The maximum Gasteiger partial charge on any atom is 0.230 e. The molecule has 1 fully saturated rings. The van der Waals surface area contributed by atoms with Crippen molar-refractivity contribution in [1.29, 1.82) is 0 Å². The van der Waals surface area contributed by atoms with Gasteiger partial charge in [-0.1, -0.05) is 37.1 Å². The molecule has 2 N–H and O–H groups in total. The van der Waals surface area contributed by atoms with Crippen LogP contribution in [0.2, 0.25) is 0 Å². The van der Waals surface area contributed by atoms with Crippen LogP contribution in [0.5, 0.6) is 0 Å². The number of nitrogens with zero attached hydrogens (tertiary/aromatic N) is 2. The average molecular weight is 403 g/mol. The van der Waals surface area contributed by atoms with Gasteiger partial charge >= 0.3 is 0 Å². The maximum atomic E-state index is 12.7. The Hall–Kier alpha value is -2.08. The molecule has 1 aliphatic rings. The highest BCUT2D eigenvalue weighted by Crippen LogP contribution is 2.38. The van der Waals surface area contributed by atoms with E-state index >= 15 is 0 Å². The van der Waals surface area contributed by atoms with Crippen molar-refractivity contribution in [3.63, 3.8) is 0 Å². The SMILES string of the molecule is CN=C(NCc1cccc(COC(C)(C)C)c1)NCC1(C(=O)N(C)C)CCCC1. The van der Waals surface area contributed by atoms with Crippen LogP contribution in [-0.2, 0) is 22.7 Å². The Labute approximate surface area is 176 Å². The van der Waals surface area contributed by atoms with Gasteiger partial charge in [0.15, 0.2) is 5.96 Å². The Morgan fingerprint density at radius 2 is 1.83 bits per heavy atom. The first kappa shape index (κ1) is 23.2. The second-order valence-corrected chi connectivity index (χ2v) is 9.19. The Morgan fingerprint density at radius 3 is 2.41 bits per heavy atom. The van der Waals surface area contributed by atoms with E-state index in [1.807, 2.05) is 14.1 Å². The summed E-state index contributed by atoms with van der Waals surface area (Å²) < 4.78 is 5.87. The summed E-state index contributed by atoms with van der Waals surface area (Å²) >= 11 is 0. The molecule has 0 atom stereocenters. The minimum Gasteiger partial charge on any atom is -0.371 e. The summed E-state index contributed by atoms with van der Waals surface area (Å²) in [6.45, 7) is 8.06. The fraction of sp³-hybridized carbons (Fsp3) is 0.652. The molecule has 0 spiro atoms. The molecule has 1 aromatic rings. The molecular formula is C23H38N4O2. The van der Waals surface area contributed by atoms with Crippen LogP contribution in [0, 0.1) is 5.41 Å². The molecule has 29 heavy (non-hydrogen) atoms. The van der Waals surface area contributed by atoms with E-state index in [0.717, 1.165) is 37.2 Å². The first-order valence-electron chi connectivity index (χ1n) is 10.5. The fourth-order valence-corrected chi connectivity index (χ4v) is 3.78. The first-order chi connectivity index (χ1) is 13.6. The molecule has 0 bridgehead atoms. The van der Waals surface area contributed by atoms with Gasteiger partial charge < -0.3 is 20.3 Å². The van der Waals surface area contributed by atoms with Crippen LogP contribution >= 0.6 is 0 Å². The second kappa shape index (κ2) is 10.1. The van der Waals surface area contributed by atoms with Crippen LogP contribution in [0.1, 0.15) is 57.6 Å². The zero-order chi connectivity index (χ0) is 21.5. The van der Waals surface area contributed by atoms with Gasteiger partial charge in [0.1, 0.15) is 0 Å². The van der Waals surface area contributed by atoms with E-state index in [0.29, 0.717) is 19.7 Å². The van der Waals surface area contributed by atoms with Gasteiger partial charge in [0, 0.05) is 34.2 Å². The third kappa shape index (κ3) is 7.03. The Kier molecular flexibility index (Phi) is 8.08. The number of amides is 1. The molecular weight excluding hydrogens is 364 g/mol. The molecule has 0 saturated heterocycles. The lowest BCUT2D eigenvalue weighted by Gasteiger charge is -2.31. The molecule has 2 rings (SSSR count). The normalized spacial score (nSPS) is 16.6. The molecule has 0 heterocycles. The predicted molar refractivity (Wildman–Crippen MR) is 119 cm³/mol. The molecule has 1 aromatic carbocycles. The van der Waals surface area contributed by atoms with Gasteiger partial charge in [-0.2, -0.15) is 0 Å². The van der Waals surface area contributed by atoms with Crippen molar-refractivity contribution in [3.05, 3.63) is 35.4 Å². The molecule has 1 saturated carbocycles. The highest BCUT2D eigenvalue weighted by Gasteiger charge is 2.42. The third-order valence-corrected chi connectivity index (χ3v) is 5.36. The predicted octanol–water partition coefficient (Wildman–Crippen LogP) is 3.32. The minimum absolute atomic E-state index is 0.152. The summed E-state index contributed by atoms with van der Waals surface area (Å²) in [5.41, 5.74) is 1.86. The van der Waals surface area contributed by atoms with E-state index in [4.69, 9.17) is 4.74 Å². The van der Waals surface area contributed by atoms with Crippen molar-refractivity contribution in [3.8, 4) is 0 Å². The van der Waals surface area contributed by atoms with Crippen molar-refractivity contribution in [2.24, 2.45) is 10.4 Å². The average Bonchev–Trinajstić information content (AvgIpc) is 3.15. The zero-order valence-corrected chi connectivity index (χ0v) is 19.0. The number of hydrogen-bond acceptors (Lipinski definition) is 3. The van der Waals surface area contributed by atoms with Gasteiger partial charge in [-0.15, -0.1) is 0 Å². The van der Waals surface area contributed by atoms with Gasteiger partial charge in [0.05, 0.1) is 17.6 Å². The molecule has 0 aromatic heterocycles. The zero-order valence-electron chi connectivity index (χ0n) is 19.0. The van der Waals surface area contributed by atoms with E-state index in [2.05, 4.69) is 60.7 Å². The maximum absolute atomic E-state index is 12.7. The minimum atomic E-state index is -0.314. The van der Waals surface area contributed by atoms with Crippen LogP contribution in [0.4, 0.5) is 0 Å². The molecule has 0 unspecified atom stereocenters. The molecule has 162 valence electrons. The molecule has 6 nitrogen and oxygen atoms in total. The summed E-state index contributed by atoms with van der Waals surface area (Å²) in [6.07, 6.45) is 4.08. The van der Waals surface area contributed by atoms with Crippen LogP contribution in [0.25, 0.3) is 0 Å². The van der Waals surface area contributed by atoms with Gasteiger partial charge in [0.25, 0.3) is 0 Å². The van der Waals surface area contributed by atoms with Gasteiger partial charge in [-0.3, -0.25) is 9.79 Å². The monoisotopic (exact) mass is 402 g/mol. The van der Waals surface area contributed by atoms with Crippen LogP contribution in [0.15, 0.2) is 29.3 Å². The summed E-state index contributed by atoms with van der Waals surface area (Å²) in [5, 5.41) is 6.75. The number of aliphatic imine (C=N–C) groups is 1. The lowest BCUT2D eigenvalue weighted by Crippen LogP contribution is -2.49. The molecule has 0 radical (unpaired) electrons. The molecule has 6 heteroatoms. The van der Waals surface area contributed by atoms with Gasteiger partial charge in [0.2, 0.25) is 5.91 Å². The quantitative estimate of drug-likeness (QED) is 0.542. The number of guanidine groups is 1. The summed E-state index contributed by atoms with van der Waals surface area (Å²) in [6, 6.07) is 8.38. The number of carbonyl (C=O) groups is 1. The topological polar surface area (TPSA) is 66.0 Å². The van der Waals surface area contributed by atoms with Crippen LogP contribution in [-0.4, -0.2) is 50.1 Å². The smallest absolute Gasteiger partial charge is 0.230 e. The second-order valence-electron chi connectivity index (χ2n) is 9.19. The summed E-state index contributed by atoms with van der Waals surface area (Å²) in [4.78, 5) is 18.8. The van der Waals surface area contributed by atoms with E-state index in [1.54, 1.807) is 11.9 Å². The Bertz CT molecular complexity index is 701. The van der Waals surface area contributed by atoms with E-state index in [1.165, 1.54) is 5.56 Å². The number of nitrogens with one attached hydrogen (secondary N) is 2. The standard InChI is InChI=1S/C23H38N4O2/c1-22(2,3)29-16-19-11-9-10-18(14-19)15-25-21(24-4)26-17-23(12-7-8-13-23)20(28)27(5)6/h9-11,14H,7-8,12-13,15-17H2,1-6H3,(H2,24,25,26). The number of rotatable bonds is 7. The van der Waals surface area contributed by atoms with Crippen molar-refractivity contribution in [2.75, 3.05) is 27.7 Å². The van der Waals surface area contributed by atoms with Crippen molar-refractivity contribution < 1.29 is 9.53 Å². The molecule has 0 aliphatic heterocycles. The number of ether oxygens (including phenoxy) is 1. The van der Waals surface area contributed by atoms with Gasteiger partial charge in [-0.25, -0.2) is 0 Å². The number of hydrogen-bond donors (Lipinski definition) is 2. The highest BCUT2D eigenvalue weighted by atomic mass is 16.5. The molecule has 1 aliphatic carbocycles. The third-order valence-electron chi connectivity index (χ3n) is 5.36. The van der Waals surface area contributed by atoms with Crippen molar-refractivity contribution in [1.82, 2.24) is 15.5 Å². The van der Waals surface area contributed by atoms with Crippen molar-refractivity contribution >= 4 is 11.9 Å². The first-order valence-corrected chi connectivity index (χ1v) is 10.5. The molecule has 1 amide bonds. The highest BCUT2D eigenvalue weighted by molar-refractivity contribution is 5.85. The lowest BCUT2D eigenvalue weighted by molar-refractivity contribution is -0.138. The number of benzene rings is 1. The number of carbonyl (C=O) groups excluding carboxylic acids is 1. The van der Waals surface area contributed by atoms with E-state index < -0.39 is 0 Å². The van der Waals surface area contributed by atoms with Crippen LogP contribution in [0.3, 0.4) is 0 Å². The van der Waals surface area contributed by atoms with E-state index in [-0.39, 0.29) is 16.9 Å². The van der Waals surface area contributed by atoms with E-state index in [9.17, 15) is 4.79 Å². The summed E-state index contributed by atoms with van der Waals surface area (Å²) in [5.74, 6) is 0.934. The van der Waals surface area contributed by atoms with Crippen LogP contribution < -0.4 is 10.6 Å². The summed E-state index contributed by atoms with van der Waals surface area (Å²) in [7, 11) is 5.44. The largest absolute Gasteiger partial charge is 0.371 e. The van der Waals surface area contributed by atoms with Crippen molar-refractivity contribution in [2.45, 2.75) is 65.2 Å². The Morgan fingerprint density at radius 1 is 1.17 bits per heavy atom. The fourth-order valence-electron chi connectivity index (χ4n) is 3.78. The Balaban J connectivity index is 1.91.